The largest absolute Gasteiger partial charge is 0.482 e. The molecule has 1 heterocycles. The van der Waals surface area contributed by atoms with Gasteiger partial charge in [-0.2, -0.15) is 0 Å². The van der Waals surface area contributed by atoms with E-state index in [4.69, 9.17) is 9.47 Å². The van der Waals surface area contributed by atoms with Gasteiger partial charge in [0.15, 0.2) is 13.2 Å². The van der Waals surface area contributed by atoms with Crippen molar-refractivity contribution < 1.29 is 23.9 Å². The van der Waals surface area contributed by atoms with Gasteiger partial charge in [-0.25, -0.2) is 0 Å². The molecule has 2 amide bonds. The summed E-state index contributed by atoms with van der Waals surface area (Å²) in [5.41, 5.74) is 1.59. The summed E-state index contributed by atoms with van der Waals surface area (Å²) in [5.74, 6) is -0.539. The van der Waals surface area contributed by atoms with Gasteiger partial charge in [0.25, 0.3) is 11.8 Å². The van der Waals surface area contributed by atoms with Gasteiger partial charge in [-0.1, -0.05) is 42.5 Å². The Morgan fingerprint density at radius 1 is 1.14 bits per heavy atom. The van der Waals surface area contributed by atoms with Crippen molar-refractivity contribution in [2.75, 3.05) is 24.7 Å². The molecule has 0 saturated heterocycles. The molecule has 2 aromatic carbocycles. The van der Waals surface area contributed by atoms with E-state index in [2.05, 4.69) is 5.32 Å². The minimum Gasteiger partial charge on any atom is -0.482 e. The molecule has 1 N–H and O–H groups in total. The maximum Gasteiger partial charge on any atom is 0.308 e. The zero-order valence-corrected chi connectivity index (χ0v) is 15.6. The Labute approximate surface area is 163 Å². The van der Waals surface area contributed by atoms with Gasteiger partial charge in [0.1, 0.15) is 5.75 Å². The fourth-order valence-electron chi connectivity index (χ4n) is 2.93. The highest BCUT2D eigenvalue weighted by atomic mass is 16.5. The third kappa shape index (κ3) is 4.88. The molecule has 0 fully saturated rings. The molecule has 7 heteroatoms. The van der Waals surface area contributed by atoms with Crippen LogP contribution in [-0.4, -0.2) is 37.5 Å². The fraction of sp³-hybridized carbons (Fsp3) is 0.286. The van der Waals surface area contributed by atoms with E-state index >= 15 is 0 Å². The van der Waals surface area contributed by atoms with Crippen LogP contribution < -0.4 is 15.0 Å². The van der Waals surface area contributed by atoms with Crippen LogP contribution in [-0.2, 0) is 19.1 Å². The second-order valence-corrected chi connectivity index (χ2v) is 6.41. The van der Waals surface area contributed by atoms with Gasteiger partial charge in [-0.05, 0) is 24.6 Å². The van der Waals surface area contributed by atoms with E-state index in [0.29, 0.717) is 11.4 Å². The average Bonchev–Trinajstić information content (AvgIpc) is 2.72. The van der Waals surface area contributed by atoms with Crippen LogP contribution in [0, 0.1) is 0 Å². The van der Waals surface area contributed by atoms with Crippen molar-refractivity contribution in [1.29, 1.82) is 0 Å². The summed E-state index contributed by atoms with van der Waals surface area (Å²) in [5, 5.41) is 2.78. The molecule has 1 aliphatic heterocycles. The average molecular weight is 382 g/mol. The second kappa shape index (κ2) is 9.03. The summed E-state index contributed by atoms with van der Waals surface area (Å²) in [6.45, 7) is 1.60. The van der Waals surface area contributed by atoms with Crippen molar-refractivity contribution in [2.45, 2.75) is 19.4 Å². The number of ether oxygens (including phenoxy) is 2. The lowest BCUT2D eigenvalue weighted by atomic mass is 10.1. The number of hydrogen-bond acceptors (Lipinski definition) is 5. The first-order chi connectivity index (χ1) is 13.5. The molecule has 0 aromatic heterocycles. The van der Waals surface area contributed by atoms with Crippen LogP contribution in [0.25, 0.3) is 0 Å². The summed E-state index contributed by atoms with van der Waals surface area (Å²) in [6.07, 6.45) is -0.0123. The number of carbonyl (C=O) groups excluding carboxylic acids is 3. The maximum absolute atomic E-state index is 12.1. The van der Waals surface area contributed by atoms with Gasteiger partial charge in [0.05, 0.1) is 18.2 Å². The highest BCUT2D eigenvalue weighted by molar-refractivity contribution is 5.98. The van der Waals surface area contributed by atoms with E-state index < -0.39 is 5.97 Å². The summed E-state index contributed by atoms with van der Waals surface area (Å²) in [4.78, 5) is 37.6. The topological polar surface area (TPSA) is 84.9 Å². The molecular weight excluding hydrogens is 360 g/mol. The second-order valence-electron chi connectivity index (χ2n) is 6.41. The van der Waals surface area contributed by atoms with Crippen LogP contribution in [0.5, 0.6) is 5.75 Å². The van der Waals surface area contributed by atoms with E-state index in [1.165, 1.54) is 4.90 Å². The maximum atomic E-state index is 12.1. The Morgan fingerprint density at radius 3 is 2.64 bits per heavy atom. The lowest BCUT2D eigenvalue weighted by Crippen LogP contribution is -2.40. The number of nitrogens with one attached hydrogen (secondary N) is 1. The van der Waals surface area contributed by atoms with Gasteiger partial charge in [-0.3, -0.25) is 14.4 Å². The van der Waals surface area contributed by atoms with Gasteiger partial charge in [-0.15, -0.1) is 0 Å². The minimum absolute atomic E-state index is 0.0123. The van der Waals surface area contributed by atoms with Crippen molar-refractivity contribution in [3.8, 4) is 5.75 Å². The van der Waals surface area contributed by atoms with Crippen LogP contribution in [0.1, 0.15) is 24.9 Å². The molecule has 3 rings (SSSR count). The number of rotatable bonds is 7. The number of fused-ring (bicyclic) bond motifs is 1. The number of benzene rings is 2. The normalized spacial score (nSPS) is 13.9. The molecule has 146 valence electrons. The Bertz CT molecular complexity index is 853. The molecule has 1 aliphatic rings. The Balaban J connectivity index is 1.45. The van der Waals surface area contributed by atoms with Crippen LogP contribution >= 0.6 is 0 Å². The first-order valence-electron chi connectivity index (χ1n) is 9.06. The zero-order chi connectivity index (χ0) is 19.9. The van der Waals surface area contributed by atoms with Gasteiger partial charge in [0.2, 0.25) is 0 Å². The number of nitrogens with zero attached hydrogens (tertiary/aromatic N) is 1. The predicted molar refractivity (Wildman–Crippen MR) is 103 cm³/mol. The molecule has 2 aromatic rings. The monoisotopic (exact) mass is 382 g/mol. The summed E-state index contributed by atoms with van der Waals surface area (Å²) < 4.78 is 10.4. The standard InChI is InChI=1S/C21H22N2O5/c1-15(16-7-3-2-4-8-16)22-19(24)13-28-21(26)11-12-23-17-9-5-6-10-18(17)27-14-20(23)25/h2-10,15H,11-14H2,1H3,(H,22,24)/t15-/m1/s1. The summed E-state index contributed by atoms with van der Waals surface area (Å²) in [7, 11) is 0. The quantitative estimate of drug-likeness (QED) is 0.743. The third-order valence-corrected chi connectivity index (χ3v) is 4.39. The molecule has 0 spiro atoms. The van der Waals surface area contributed by atoms with Crippen LogP contribution in [0.2, 0.25) is 0 Å². The van der Waals surface area contributed by atoms with Crippen molar-refractivity contribution in [1.82, 2.24) is 5.32 Å². The van der Waals surface area contributed by atoms with E-state index in [0.717, 1.165) is 5.56 Å². The van der Waals surface area contributed by atoms with E-state index in [1.807, 2.05) is 43.3 Å². The van der Waals surface area contributed by atoms with Gasteiger partial charge >= 0.3 is 5.97 Å². The molecule has 7 nitrogen and oxygen atoms in total. The number of esters is 1. The highest BCUT2D eigenvalue weighted by Gasteiger charge is 2.25. The van der Waals surface area contributed by atoms with Crippen LogP contribution in [0.3, 0.4) is 0 Å². The Morgan fingerprint density at radius 2 is 1.86 bits per heavy atom. The first kappa shape index (κ1) is 19.4. The molecule has 28 heavy (non-hydrogen) atoms. The van der Waals surface area contributed by atoms with E-state index in [9.17, 15) is 14.4 Å². The molecule has 0 radical (unpaired) electrons. The van der Waals surface area contributed by atoms with Crippen molar-refractivity contribution in [3.05, 3.63) is 60.2 Å². The van der Waals surface area contributed by atoms with Crippen LogP contribution in [0.15, 0.2) is 54.6 Å². The first-order valence-corrected chi connectivity index (χ1v) is 9.06. The predicted octanol–water partition coefficient (Wildman–Crippen LogP) is 2.22. The van der Waals surface area contributed by atoms with Crippen molar-refractivity contribution in [2.24, 2.45) is 0 Å². The molecule has 0 bridgehead atoms. The fourth-order valence-corrected chi connectivity index (χ4v) is 2.93. The molecular formula is C21H22N2O5. The minimum atomic E-state index is -0.542. The number of amides is 2. The number of hydrogen-bond donors (Lipinski definition) is 1. The zero-order valence-electron chi connectivity index (χ0n) is 15.6. The highest BCUT2D eigenvalue weighted by Crippen LogP contribution is 2.31. The van der Waals surface area contributed by atoms with E-state index in [1.54, 1.807) is 18.2 Å². The van der Waals surface area contributed by atoms with E-state index in [-0.39, 0.29) is 44.0 Å². The van der Waals surface area contributed by atoms with Gasteiger partial charge < -0.3 is 19.7 Å². The van der Waals surface area contributed by atoms with Crippen molar-refractivity contribution in [3.63, 3.8) is 0 Å². The van der Waals surface area contributed by atoms with Crippen molar-refractivity contribution >= 4 is 23.5 Å². The number of anilines is 1. The Kier molecular flexibility index (Phi) is 6.26. The summed E-state index contributed by atoms with van der Waals surface area (Å²) in [6, 6.07) is 16.5. The van der Waals surface area contributed by atoms with Crippen LogP contribution in [0.4, 0.5) is 5.69 Å². The number of carbonyl (C=O) groups is 3. The molecule has 0 saturated carbocycles. The molecule has 0 unspecified atom stereocenters. The third-order valence-electron chi connectivity index (χ3n) is 4.39. The lowest BCUT2D eigenvalue weighted by molar-refractivity contribution is -0.148. The molecule has 0 aliphatic carbocycles. The lowest BCUT2D eigenvalue weighted by Gasteiger charge is -2.28. The molecule has 1 atom stereocenters. The summed E-state index contributed by atoms with van der Waals surface area (Å²) >= 11 is 0. The SMILES string of the molecule is C[C@@H](NC(=O)COC(=O)CCN1C(=O)COc2ccccc21)c1ccccc1. The van der Waals surface area contributed by atoms with Gasteiger partial charge in [0, 0.05) is 6.54 Å². The Hall–Kier alpha value is -3.35. The smallest absolute Gasteiger partial charge is 0.308 e. The number of para-hydroxylation sites is 2.